The number of amides is 1. The smallest absolute Gasteiger partial charge is 0.232 e. The summed E-state index contributed by atoms with van der Waals surface area (Å²) in [6.45, 7) is 3.50. The quantitative estimate of drug-likeness (QED) is 0.825. The maximum absolute atomic E-state index is 10.9. The van der Waals surface area contributed by atoms with Crippen molar-refractivity contribution in [1.82, 2.24) is 15.0 Å². The number of hydrogen-bond donors (Lipinski definition) is 2. The number of fused-ring (bicyclic) bond motifs is 1. The van der Waals surface area contributed by atoms with Crippen molar-refractivity contribution in [1.29, 1.82) is 0 Å². The number of halogens is 1. The number of nitrogens with one attached hydrogen (secondary N) is 2. The van der Waals surface area contributed by atoms with Crippen molar-refractivity contribution in [3.8, 4) is 0 Å². The van der Waals surface area contributed by atoms with Crippen LogP contribution in [-0.4, -0.2) is 20.9 Å². The van der Waals surface area contributed by atoms with Crippen LogP contribution < -0.4 is 5.32 Å². The van der Waals surface area contributed by atoms with E-state index in [0.29, 0.717) is 10.8 Å². The molecular formula is C11H13ClN4O. The van der Waals surface area contributed by atoms with E-state index < -0.39 is 0 Å². The first kappa shape index (κ1) is 11.9. The van der Waals surface area contributed by atoms with E-state index in [-0.39, 0.29) is 11.9 Å². The predicted molar refractivity (Wildman–Crippen MR) is 67.2 cm³/mol. The van der Waals surface area contributed by atoms with Gasteiger partial charge in [-0.3, -0.25) is 10.1 Å². The number of hydrogen-bond acceptors (Lipinski definition) is 3. The minimum atomic E-state index is -0.222. The molecule has 0 atom stereocenters. The van der Waals surface area contributed by atoms with Gasteiger partial charge < -0.3 is 4.98 Å². The first-order valence-electron chi connectivity index (χ1n) is 5.43. The summed E-state index contributed by atoms with van der Waals surface area (Å²) in [5.74, 6) is 0.000605. The molecule has 0 aliphatic rings. The van der Waals surface area contributed by atoms with Crippen LogP contribution in [0.3, 0.4) is 0 Å². The summed E-state index contributed by atoms with van der Waals surface area (Å²) in [5, 5.41) is 3.71. The summed E-state index contributed by atoms with van der Waals surface area (Å²) in [7, 11) is 0. The second-order valence-corrected chi connectivity index (χ2v) is 4.16. The lowest BCUT2D eigenvalue weighted by Gasteiger charge is -2.02. The van der Waals surface area contributed by atoms with Crippen LogP contribution in [-0.2, 0) is 11.2 Å². The average molecular weight is 253 g/mol. The van der Waals surface area contributed by atoms with E-state index in [0.717, 1.165) is 23.8 Å². The van der Waals surface area contributed by atoms with Crippen molar-refractivity contribution in [3.05, 3.63) is 16.9 Å². The van der Waals surface area contributed by atoms with Gasteiger partial charge in [-0.1, -0.05) is 24.9 Å². The normalized spacial score (nSPS) is 10.8. The van der Waals surface area contributed by atoms with Gasteiger partial charge in [-0.05, 0) is 12.0 Å². The van der Waals surface area contributed by atoms with Crippen molar-refractivity contribution < 1.29 is 4.79 Å². The first-order valence-corrected chi connectivity index (χ1v) is 5.80. The lowest BCUT2D eigenvalue weighted by atomic mass is 10.1. The summed E-state index contributed by atoms with van der Waals surface area (Å²) in [6.07, 6.45) is 3.82. The molecule has 0 saturated carbocycles. The number of carbonyl (C=O) groups excluding carboxylic acids is 1. The molecule has 2 rings (SSSR count). The Kier molecular flexibility index (Phi) is 3.28. The fourth-order valence-electron chi connectivity index (χ4n) is 1.73. The van der Waals surface area contributed by atoms with Crippen LogP contribution in [0.4, 0.5) is 5.95 Å². The molecule has 2 aromatic rings. The molecule has 0 aliphatic heterocycles. The molecule has 0 aromatic carbocycles. The van der Waals surface area contributed by atoms with E-state index in [1.807, 2.05) is 6.20 Å². The highest BCUT2D eigenvalue weighted by Crippen LogP contribution is 2.26. The topological polar surface area (TPSA) is 70.7 Å². The monoisotopic (exact) mass is 252 g/mol. The summed E-state index contributed by atoms with van der Waals surface area (Å²) >= 11 is 6.11. The third kappa shape index (κ3) is 2.39. The van der Waals surface area contributed by atoms with Gasteiger partial charge in [0.2, 0.25) is 11.9 Å². The second-order valence-electron chi connectivity index (χ2n) is 3.81. The van der Waals surface area contributed by atoms with Crippen molar-refractivity contribution >= 4 is 34.5 Å². The average Bonchev–Trinajstić information content (AvgIpc) is 2.61. The lowest BCUT2D eigenvalue weighted by molar-refractivity contribution is -0.114. The van der Waals surface area contributed by atoms with Gasteiger partial charge in [0.25, 0.3) is 0 Å². The molecule has 5 nitrogen and oxygen atoms in total. The van der Waals surface area contributed by atoms with Crippen LogP contribution in [0.5, 0.6) is 0 Å². The minimum absolute atomic E-state index is 0.222. The lowest BCUT2D eigenvalue weighted by Crippen LogP contribution is -2.09. The Morgan fingerprint density at radius 1 is 1.53 bits per heavy atom. The molecule has 2 N–H and O–H groups in total. The Bertz CT molecular complexity index is 564. The zero-order valence-corrected chi connectivity index (χ0v) is 10.4. The SMILES string of the molecule is CCCc1c[nH]c2nc(NC(C)=O)nc(Cl)c12. The Hall–Kier alpha value is -1.62. The van der Waals surface area contributed by atoms with E-state index in [4.69, 9.17) is 11.6 Å². The van der Waals surface area contributed by atoms with E-state index in [1.54, 1.807) is 0 Å². The molecule has 2 aromatic heterocycles. The molecule has 17 heavy (non-hydrogen) atoms. The molecule has 2 heterocycles. The zero-order valence-electron chi connectivity index (χ0n) is 9.67. The molecule has 0 aliphatic carbocycles. The molecule has 0 radical (unpaired) electrons. The fourth-order valence-corrected chi connectivity index (χ4v) is 2.02. The van der Waals surface area contributed by atoms with Crippen LogP contribution in [0.2, 0.25) is 5.15 Å². The summed E-state index contributed by atoms with van der Waals surface area (Å²) in [6, 6.07) is 0. The predicted octanol–water partition coefficient (Wildman–Crippen LogP) is 2.52. The van der Waals surface area contributed by atoms with Crippen LogP contribution in [0.25, 0.3) is 11.0 Å². The number of H-pyrrole nitrogens is 1. The Morgan fingerprint density at radius 3 is 2.94 bits per heavy atom. The number of aromatic nitrogens is 3. The zero-order chi connectivity index (χ0) is 12.4. The number of aryl methyl sites for hydroxylation is 1. The molecule has 1 amide bonds. The molecule has 0 unspecified atom stereocenters. The molecule has 0 saturated heterocycles. The Labute approximate surface area is 104 Å². The second kappa shape index (κ2) is 4.71. The Balaban J connectivity index is 2.49. The largest absolute Gasteiger partial charge is 0.346 e. The maximum Gasteiger partial charge on any atom is 0.232 e. The van der Waals surface area contributed by atoms with Crippen molar-refractivity contribution in [2.24, 2.45) is 0 Å². The molecule has 0 spiro atoms. The summed E-state index contributed by atoms with van der Waals surface area (Å²) in [5.41, 5.74) is 1.75. The van der Waals surface area contributed by atoms with Gasteiger partial charge in [-0.25, -0.2) is 0 Å². The van der Waals surface area contributed by atoms with Crippen LogP contribution in [0.1, 0.15) is 25.8 Å². The van der Waals surface area contributed by atoms with E-state index in [1.165, 1.54) is 6.92 Å². The molecule has 90 valence electrons. The van der Waals surface area contributed by atoms with Crippen LogP contribution in [0.15, 0.2) is 6.20 Å². The van der Waals surface area contributed by atoms with E-state index in [2.05, 4.69) is 27.2 Å². The van der Waals surface area contributed by atoms with E-state index >= 15 is 0 Å². The van der Waals surface area contributed by atoms with Crippen molar-refractivity contribution in [3.63, 3.8) is 0 Å². The van der Waals surface area contributed by atoms with Gasteiger partial charge in [-0.2, -0.15) is 9.97 Å². The van der Waals surface area contributed by atoms with Gasteiger partial charge in [-0.15, -0.1) is 0 Å². The third-order valence-electron chi connectivity index (χ3n) is 2.38. The highest BCUT2D eigenvalue weighted by molar-refractivity contribution is 6.34. The van der Waals surface area contributed by atoms with Gasteiger partial charge in [0.1, 0.15) is 10.8 Å². The molecule has 0 fully saturated rings. The highest BCUT2D eigenvalue weighted by atomic mass is 35.5. The van der Waals surface area contributed by atoms with Gasteiger partial charge in [0, 0.05) is 13.1 Å². The standard InChI is InChI=1S/C11H13ClN4O/c1-3-4-7-5-13-10-8(7)9(12)15-11(16-10)14-6(2)17/h5H,3-4H2,1-2H3,(H2,13,14,15,16,17). The van der Waals surface area contributed by atoms with E-state index in [9.17, 15) is 4.79 Å². The Morgan fingerprint density at radius 2 is 2.29 bits per heavy atom. The van der Waals surface area contributed by atoms with Gasteiger partial charge in [0.15, 0.2) is 0 Å². The molecule has 6 heteroatoms. The summed E-state index contributed by atoms with van der Waals surface area (Å²) in [4.78, 5) is 22.2. The number of carbonyl (C=O) groups is 1. The van der Waals surface area contributed by atoms with Gasteiger partial charge in [0.05, 0.1) is 5.39 Å². The van der Waals surface area contributed by atoms with Crippen LogP contribution in [0, 0.1) is 0 Å². The van der Waals surface area contributed by atoms with Crippen molar-refractivity contribution in [2.45, 2.75) is 26.7 Å². The van der Waals surface area contributed by atoms with Crippen LogP contribution >= 0.6 is 11.6 Å². The maximum atomic E-state index is 10.9. The highest BCUT2D eigenvalue weighted by Gasteiger charge is 2.12. The number of aromatic amines is 1. The first-order chi connectivity index (χ1) is 8.11. The number of anilines is 1. The number of rotatable bonds is 3. The van der Waals surface area contributed by atoms with Gasteiger partial charge >= 0.3 is 0 Å². The number of nitrogens with zero attached hydrogens (tertiary/aromatic N) is 2. The van der Waals surface area contributed by atoms with Crippen molar-refractivity contribution in [2.75, 3.05) is 5.32 Å². The molecule has 0 bridgehead atoms. The third-order valence-corrected chi connectivity index (χ3v) is 2.65. The fraction of sp³-hybridized carbons (Fsp3) is 0.364. The summed E-state index contributed by atoms with van der Waals surface area (Å²) < 4.78 is 0. The minimum Gasteiger partial charge on any atom is -0.346 e. The molecular weight excluding hydrogens is 240 g/mol.